The van der Waals surface area contributed by atoms with Crippen LogP contribution in [-0.4, -0.2) is 25.0 Å². The van der Waals surface area contributed by atoms with Gasteiger partial charge in [0.1, 0.15) is 11.7 Å². The van der Waals surface area contributed by atoms with Crippen LogP contribution in [0.4, 0.5) is 11.4 Å². The predicted octanol–water partition coefficient (Wildman–Crippen LogP) is 4.51. The maximum atomic E-state index is 13.5. The van der Waals surface area contributed by atoms with Crippen molar-refractivity contribution in [3.05, 3.63) is 88.9 Å². The molecule has 0 saturated carbocycles. The van der Waals surface area contributed by atoms with E-state index in [1.165, 1.54) is 4.90 Å². The number of nitrogens with zero attached hydrogens (tertiary/aromatic N) is 2. The van der Waals surface area contributed by atoms with Gasteiger partial charge in [-0.2, -0.15) is 0 Å². The van der Waals surface area contributed by atoms with E-state index in [0.29, 0.717) is 11.4 Å². The SMILES string of the molecule is COc1ccc(N2O[C@@H]3C(=O)N(c4ccc(Br)cc4)C(=O)[C@H]3[C@@H]2c2ccccc2)cc1. The number of halogens is 1. The fourth-order valence-electron chi connectivity index (χ4n) is 4.20. The zero-order chi connectivity index (χ0) is 21.5. The van der Waals surface area contributed by atoms with Crippen LogP contribution in [0.25, 0.3) is 0 Å². The molecule has 0 bridgehead atoms. The van der Waals surface area contributed by atoms with Gasteiger partial charge in [-0.25, -0.2) is 9.96 Å². The number of rotatable bonds is 4. The van der Waals surface area contributed by atoms with Gasteiger partial charge in [0.05, 0.1) is 24.5 Å². The van der Waals surface area contributed by atoms with E-state index in [4.69, 9.17) is 9.57 Å². The number of ether oxygens (including phenoxy) is 1. The molecule has 156 valence electrons. The Morgan fingerprint density at radius 3 is 2.13 bits per heavy atom. The minimum Gasteiger partial charge on any atom is -0.497 e. The first kappa shape index (κ1) is 19.8. The Hall–Kier alpha value is -3.16. The second-order valence-electron chi connectivity index (χ2n) is 7.42. The Morgan fingerprint density at radius 2 is 1.48 bits per heavy atom. The first-order valence-electron chi connectivity index (χ1n) is 9.87. The van der Waals surface area contributed by atoms with E-state index in [9.17, 15) is 9.59 Å². The van der Waals surface area contributed by atoms with Gasteiger partial charge < -0.3 is 4.74 Å². The van der Waals surface area contributed by atoms with Crippen molar-refractivity contribution in [2.75, 3.05) is 17.1 Å². The number of hydrogen-bond acceptors (Lipinski definition) is 5. The topological polar surface area (TPSA) is 59.1 Å². The van der Waals surface area contributed by atoms with Gasteiger partial charge in [-0.15, -0.1) is 0 Å². The molecule has 0 spiro atoms. The van der Waals surface area contributed by atoms with Gasteiger partial charge in [0.15, 0.2) is 6.10 Å². The summed E-state index contributed by atoms with van der Waals surface area (Å²) in [6, 6.07) is 23.7. The summed E-state index contributed by atoms with van der Waals surface area (Å²) in [7, 11) is 1.60. The van der Waals surface area contributed by atoms with Crippen LogP contribution in [0.1, 0.15) is 11.6 Å². The number of hydroxylamine groups is 1. The summed E-state index contributed by atoms with van der Waals surface area (Å²) in [6.45, 7) is 0. The molecule has 6 nitrogen and oxygen atoms in total. The summed E-state index contributed by atoms with van der Waals surface area (Å²) < 4.78 is 6.12. The number of benzene rings is 3. The van der Waals surface area contributed by atoms with Crippen molar-refractivity contribution in [2.45, 2.75) is 12.1 Å². The standard InChI is InChI=1S/C24H19BrN2O4/c1-30-19-13-11-18(12-14-19)27-21(15-5-3-2-4-6-15)20-22(31-27)24(29)26(23(20)28)17-9-7-16(25)8-10-17/h2-14,20-22H,1H3/t20-,21-,22-/m0/s1. The van der Waals surface area contributed by atoms with E-state index in [0.717, 1.165) is 15.7 Å². The van der Waals surface area contributed by atoms with E-state index in [2.05, 4.69) is 15.9 Å². The Balaban J connectivity index is 1.55. The van der Waals surface area contributed by atoms with Crippen molar-refractivity contribution >= 4 is 39.1 Å². The Bertz CT molecular complexity index is 1120. The molecule has 2 saturated heterocycles. The number of carbonyl (C=O) groups excluding carboxylic acids is 2. The van der Waals surface area contributed by atoms with Crippen LogP contribution in [0.15, 0.2) is 83.3 Å². The number of fused-ring (bicyclic) bond motifs is 1. The van der Waals surface area contributed by atoms with Crippen LogP contribution < -0.4 is 14.7 Å². The van der Waals surface area contributed by atoms with Gasteiger partial charge in [-0.05, 0) is 54.1 Å². The minimum atomic E-state index is -0.886. The molecule has 0 N–H and O–H groups in total. The van der Waals surface area contributed by atoms with Crippen molar-refractivity contribution in [1.29, 1.82) is 0 Å². The van der Waals surface area contributed by atoms with E-state index >= 15 is 0 Å². The summed E-state index contributed by atoms with van der Waals surface area (Å²) in [5, 5.41) is 1.68. The zero-order valence-corrected chi connectivity index (χ0v) is 18.2. The largest absolute Gasteiger partial charge is 0.497 e. The van der Waals surface area contributed by atoms with Gasteiger partial charge in [0, 0.05) is 4.47 Å². The molecule has 3 aromatic carbocycles. The van der Waals surface area contributed by atoms with Gasteiger partial charge in [0.25, 0.3) is 5.91 Å². The maximum absolute atomic E-state index is 13.5. The molecule has 7 heteroatoms. The first-order chi connectivity index (χ1) is 15.1. The average Bonchev–Trinajstić information content (AvgIpc) is 3.31. The van der Waals surface area contributed by atoms with E-state index in [1.54, 1.807) is 24.3 Å². The molecular formula is C24H19BrN2O4. The predicted molar refractivity (Wildman–Crippen MR) is 120 cm³/mol. The second-order valence-corrected chi connectivity index (χ2v) is 8.34. The van der Waals surface area contributed by atoms with Gasteiger partial charge in [0.2, 0.25) is 5.91 Å². The molecule has 2 aliphatic heterocycles. The summed E-state index contributed by atoms with van der Waals surface area (Å²) >= 11 is 3.39. The lowest BCUT2D eigenvalue weighted by Gasteiger charge is -2.28. The van der Waals surface area contributed by atoms with Crippen LogP contribution in [0.5, 0.6) is 5.75 Å². The van der Waals surface area contributed by atoms with Crippen molar-refractivity contribution in [3.8, 4) is 5.75 Å². The first-order valence-corrected chi connectivity index (χ1v) is 10.7. The highest BCUT2D eigenvalue weighted by Gasteiger charge is 2.60. The summed E-state index contributed by atoms with van der Waals surface area (Å²) in [4.78, 5) is 34.1. The number of carbonyl (C=O) groups is 2. The molecule has 0 unspecified atom stereocenters. The number of imide groups is 1. The van der Waals surface area contributed by atoms with Gasteiger partial charge in [-0.1, -0.05) is 46.3 Å². The summed E-state index contributed by atoms with van der Waals surface area (Å²) in [5.41, 5.74) is 2.20. The van der Waals surface area contributed by atoms with E-state index < -0.39 is 18.1 Å². The Labute approximate surface area is 188 Å². The highest BCUT2D eigenvalue weighted by molar-refractivity contribution is 9.10. The van der Waals surface area contributed by atoms with Crippen LogP contribution in [0.2, 0.25) is 0 Å². The summed E-state index contributed by atoms with van der Waals surface area (Å²) in [5.74, 6) is -0.551. The molecule has 2 heterocycles. The molecule has 3 atom stereocenters. The quantitative estimate of drug-likeness (QED) is 0.516. The number of methoxy groups -OCH3 is 1. The van der Waals surface area contributed by atoms with Crippen molar-refractivity contribution in [1.82, 2.24) is 0 Å². The minimum absolute atomic E-state index is 0.262. The molecule has 0 aliphatic carbocycles. The third-order valence-corrected chi connectivity index (χ3v) is 6.20. The monoisotopic (exact) mass is 478 g/mol. The zero-order valence-electron chi connectivity index (χ0n) is 16.6. The Morgan fingerprint density at radius 1 is 0.839 bits per heavy atom. The van der Waals surface area contributed by atoms with Crippen molar-refractivity contribution in [2.24, 2.45) is 5.92 Å². The van der Waals surface area contributed by atoms with Crippen molar-refractivity contribution in [3.63, 3.8) is 0 Å². The molecule has 0 radical (unpaired) electrons. The highest BCUT2D eigenvalue weighted by Crippen LogP contribution is 2.47. The highest BCUT2D eigenvalue weighted by atomic mass is 79.9. The van der Waals surface area contributed by atoms with E-state index in [1.807, 2.05) is 66.7 Å². The van der Waals surface area contributed by atoms with Crippen LogP contribution >= 0.6 is 15.9 Å². The molecule has 3 aromatic rings. The Kier molecular flexibility index (Phi) is 5.00. The normalized spacial score (nSPS) is 22.7. The molecular weight excluding hydrogens is 460 g/mol. The fourth-order valence-corrected chi connectivity index (χ4v) is 4.47. The molecule has 2 aliphatic rings. The molecule has 5 rings (SSSR count). The van der Waals surface area contributed by atoms with Crippen molar-refractivity contribution < 1.29 is 19.2 Å². The van der Waals surface area contributed by atoms with Gasteiger partial charge >= 0.3 is 0 Å². The summed E-state index contributed by atoms with van der Waals surface area (Å²) in [6.07, 6.45) is -0.886. The van der Waals surface area contributed by atoms with Crippen LogP contribution in [0.3, 0.4) is 0 Å². The third kappa shape index (κ3) is 3.30. The molecule has 31 heavy (non-hydrogen) atoms. The second kappa shape index (κ2) is 7.83. The molecule has 0 aromatic heterocycles. The lowest BCUT2D eigenvalue weighted by Crippen LogP contribution is -2.37. The number of hydrogen-bond donors (Lipinski definition) is 0. The third-order valence-electron chi connectivity index (χ3n) is 5.67. The average molecular weight is 479 g/mol. The van der Waals surface area contributed by atoms with Crippen LogP contribution in [0, 0.1) is 5.92 Å². The van der Waals surface area contributed by atoms with E-state index in [-0.39, 0.29) is 11.8 Å². The fraction of sp³-hybridized carbons (Fsp3) is 0.167. The van der Waals surface area contributed by atoms with Gasteiger partial charge in [-0.3, -0.25) is 14.4 Å². The van der Waals surface area contributed by atoms with Crippen LogP contribution in [-0.2, 0) is 14.4 Å². The number of anilines is 2. The number of amides is 2. The maximum Gasteiger partial charge on any atom is 0.266 e. The molecule has 2 amide bonds. The smallest absolute Gasteiger partial charge is 0.266 e. The lowest BCUT2D eigenvalue weighted by molar-refractivity contribution is -0.126. The molecule has 2 fully saturated rings. The lowest BCUT2D eigenvalue weighted by atomic mass is 9.90.